The Hall–Kier alpha value is -3.25. The average molecular weight is 434 g/mol. The molecule has 0 radical (unpaired) electrons. The highest BCUT2D eigenvalue weighted by Crippen LogP contribution is 2.32. The minimum absolute atomic E-state index is 0.00837. The van der Waals surface area contributed by atoms with Gasteiger partial charge < -0.3 is 19.7 Å². The number of hydrogen-bond acceptors (Lipinski definition) is 4. The predicted molar refractivity (Wildman–Crippen MR) is 126 cm³/mol. The quantitative estimate of drug-likeness (QED) is 0.606. The van der Waals surface area contributed by atoms with E-state index in [9.17, 15) is 9.90 Å². The van der Waals surface area contributed by atoms with E-state index in [1.807, 2.05) is 35.2 Å². The lowest BCUT2D eigenvalue weighted by molar-refractivity contribution is 0.0933. The van der Waals surface area contributed by atoms with Gasteiger partial charge in [0, 0.05) is 43.3 Å². The number of phenols is 1. The Labute approximate surface area is 189 Å². The smallest absolute Gasteiger partial charge is 0.255 e. The van der Waals surface area contributed by atoms with E-state index in [4.69, 9.17) is 4.74 Å². The number of benzene rings is 2. The molecule has 4 rings (SSSR count). The van der Waals surface area contributed by atoms with Crippen molar-refractivity contribution in [3.63, 3.8) is 0 Å². The van der Waals surface area contributed by atoms with Gasteiger partial charge in [-0.15, -0.1) is 0 Å². The number of aromatic hydroxyl groups is 1. The van der Waals surface area contributed by atoms with E-state index in [0.29, 0.717) is 5.56 Å². The Morgan fingerprint density at radius 1 is 1.16 bits per heavy atom. The molecule has 0 bridgehead atoms. The lowest BCUT2D eigenvalue weighted by atomic mass is 9.97. The Morgan fingerprint density at radius 2 is 1.91 bits per heavy atom. The van der Waals surface area contributed by atoms with Crippen molar-refractivity contribution in [3.05, 3.63) is 77.1 Å². The summed E-state index contributed by atoms with van der Waals surface area (Å²) >= 11 is 0. The van der Waals surface area contributed by atoms with Crippen LogP contribution in [-0.2, 0) is 0 Å². The van der Waals surface area contributed by atoms with E-state index in [1.165, 1.54) is 16.7 Å². The summed E-state index contributed by atoms with van der Waals surface area (Å²) in [5.41, 5.74) is 4.83. The second kappa shape index (κ2) is 9.09. The molecule has 6 nitrogen and oxygen atoms in total. The topological polar surface area (TPSA) is 66.7 Å². The maximum Gasteiger partial charge on any atom is 0.255 e. The SMILES string of the molecule is COc1ccc(C(C)N2CC[C@@H](NC(=O)c3cc(-n4cccc4)ccc3O)C2)c(C)c1C. The van der Waals surface area contributed by atoms with E-state index in [0.717, 1.165) is 30.9 Å². The number of methoxy groups -OCH3 is 1. The number of rotatable bonds is 6. The molecule has 1 fully saturated rings. The van der Waals surface area contributed by atoms with Crippen molar-refractivity contribution in [2.75, 3.05) is 20.2 Å². The molecule has 0 aliphatic carbocycles. The molecular weight excluding hydrogens is 402 g/mol. The summed E-state index contributed by atoms with van der Waals surface area (Å²) in [7, 11) is 1.70. The van der Waals surface area contributed by atoms with Crippen molar-refractivity contribution in [1.29, 1.82) is 0 Å². The van der Waals surface area contributed by atoms with Crippen LogP contribution in [-0.4, -0.2) is 46.7 Å². The Balaban J connectivity index is 1.44. The van der Waals surface area contributed by atoms with Crippen LogP contribution in [0.1, 0.15) is 46.4 Å². The van der Waals surface area contributed by atoms with Gasteiger partial charge >= 0.3 is 0 Å². The first-order valence-electron chi connectivity index (χ1n) is 11.0. The van der Waals surface area contributed by atoms with Crippen molar-refractivity contribution in [1.82, 2.24) is 14.8 Å². The summed E-state index contributed by atoms with van der Waals surface area (Å²) < 4.78 is 7.36. The number of phenolic OH excluding ortho intramolecular Hbond substituents is 1. The molecule has 168 valence electrons. The zero-order chi connectivity index (χ0) is 22.8. The minimum atomic E-state index is -0.243. The van der Waals surface area contributed by atoms with Gasteiger partial charge in [-0.2, -0.15) is 0 Å². The van der Waals surface area contributed by atoms with Crippen LogP contribution in [0.2, 0.25) is 0 Å². The lowest BCUT2D eigenvalue weighted by Crippen LogP contribution is -2.37. The number of likely N-dealkylation sites (tertiary alicyclic amines) is 1. The Bertz CT molecular complexity index is 1110. The first-order valence-corrected chi connectivity index (χ1v) is 11.0. The fraction of sp³-hybridized carbons (Fsp3) is 0.346. The molecule has 1 aliphatic heterocycles. The molecule has 1 unspecified atom stereocenters. The van der Waals surface area contributed by atoms with Gasteiger partial charge in [0.1, 0.15) is 11.5 Å². The van der Waals surface area contributed by atoms with Crippen LogP contribution in [0.4, 0.5) is 0 Å². The Kier molecular flexibility index (Phi) is 6.24. The first kappa shape index (κ1) is 22.0. The van der Waals surface area contributed by atoms with Crippen LogP contribution in [0.25, 0.3) is 5.69 Å². The number of hydrogen-bond donors (Lipinski definition) is 2. The van der Waals surface area contributed by atoms with Crippen molar-refractivity contribution in [2.24, 2.45) is 0 Å². The summed E-state index contributed by atoms with van der Waals surface area (Å²) in [5, 5.41) is 13.4. The lowest BCUT2D eigenvalue weighted by Gasteiger charge is -2.27. The summed E-state index contributed by atoms with van der Waals surface area (Å²) in [6.07, 6.45) is 4.70. The first-order chi connectivity index (χ1) is 15.4. The monoisotopic (exact) mass is 433 g/mol. The third kappa shape index (κ3) is 4.23. The van der Waals surface area contributed by atoms with Crippen molar-refractivity contribution < 1.29 is 14.6 Å². The normalized spacial score (nSPS) is 17.3. The highest BCUT2D eigenvalue weighted by atomic mass is 16.5. The van der Waals surface area contributed by atoms with Gasteiger partial charge in [0.15, 0.2) is 0 Å². The van der Waals surface area contributed by atoms with Crippen LogP contribution < -0.4 is 10.1 Å². The number of ether oxygens (including phenoxy) is 1. The molecule has 2 N–H and O–H groups in total. The van der Waals surface area contributed by atoms with Gasteiger partial charge in [-0.05, 0) is 80.3 Å². The van der Waals surface area contributed by atoms with E-state index in [1.54, 1.807) is 25.3 Å². The molecule has 0 spiro atoms. The molecule has 1 saturated heterocycles. The van der Waals surface area contributed by atoms with E-state index in [2.05, 4.69) is 37.1 Å². The van der Waals surface area contributed by atoms with Crippen LogP contribution >= 0.6 is 0 Å². The summed E-state index contributed by atoms with van der Waals surface area (Å²) in [4.78, 5) is 15.3. The van der Waals surface area contributed by atoms with Crippen LogP contribution in [0.3, 0.4) is 0 Å². The summed E-state index contributed by atoms with van der Waals surface area (Å²) in [5.74, 6) is 0.658. The number of amides is 1. The maximum atomic E-state index is 12.9. The van der Waals surface area contributed by atoms with E-state index < -0.39 is 0 Å². The minimum Gasteiger partial charge on any atom is -0.507 e. The molecule has 3 aromatic rings. The number of carbonyl (C=O) groups is 1. The fourth-order valence-corrected chi connectivity index (χ4v) is 4.58. The average Bonchev–Trinajstić information content (AvgIpc) is 3.48. The van der Waals surface area contributed by atoms with E-state index in [-0.39, 0.29) is 23.7 Å². The maximum absolute atomic E-state index is 12.9. The zero-order valence-corrected chi connectivity index (χ0v) is 19.1. The van der Waals surface area contributed by atoms with E-state index >= 15 is 0 Å². The molecule has 1 amide bonds. The number of aromatic nitrogens is 1. The standard InChI is InChI=1S/C26H31N3O3/c1-17-18(2)25(32-4)10-8-22(17)19(3)29-14-11-20(16-29)27-26(31)23-15-21(7-9-24(23)30)28-12-5-6-13-28/h5-10,12-13,15,19-20,30H,11,14,16H2,1-4H3,(H,27,31)/t19?,20-/m1/s1. The van der Waals surface area contributed by atoms with Gasteiger partial charge in [-0.3, -0.25) is 9.69 Å². The molecule has 6 heteroatoms. The van der Waals surface area contributed by atoms with Gasteiger partial charge in [0.2, 0.25) is 0 Å². The van der Waals surface area contributed by atoms with Gasteiger partial charge in [0.25, 0.3) is 5.91 Å². The fourth-order valence-electron chi connectivity index (χ4n) is 4.58. The summed E-state index contributed by atoms with van der Waals surface area (Å²) in [6, 6.07) is 13.4. The van der Waals surface area contributed by atoms with Crippen molar-refractivity contribution >= 4 is 5.91 Å². The second-order valence-corrected chi connectivity index (χ2v) is 8.53. The van der Waals surface area contributed by atoms with Crippen molar-refractivity contribution in [2.45, 2.75) is 39.3 Å². The number of nitrogens with one attached hydrogen (secondary N) is 1. The third-order valence-corrected chi connectivity index (χ3v) is 6.68. The number of carbonyl (C=O) groups excluding carboxylic acids is 1. The van der Waals surface area contributed by atoms with Crippen LogP contribution in [0.15, 0.2) is 54.9 Å². The molecule has 2 aromatic carbocycles. The van der Waals surface area contributed by atoms with Gasteiger partial charge in [-0.1, -0.05) is 6.07 Å². The Morgan fingerprint density at radius 3 is 2.62 bits per heavy atom. The molecule has 2 atom stereocenters. The van der Waals surface area contributed by atoms with Gasteiger partial charge in [-0.25, -0.2) is 0 Å². The molecule has 1 aromatic heterocycles. The highest BCUT2D eigenvalue weighted by molar-refractivity contribution is 5.97. The third-order valence-electron chi connectivity index (χ3n) is 6.68. The van der Waals surface area contributed by atoms with Crippen molar-refractivity contribution in [3.8, 4) is 17.2 Å². The number of nitrogens with zero attached hydrogens (tertiary/aromatic N) is 2. The highest BCUT2D eigenvalue weighted by Gasteiger charge is 2.29. The van der Waals surface area contributed by atoms with Crippen LogP contribution in [0.5, 0.6) is 11.5 Å². The molecular formula is C26H31N3O3. The predicted octanol–water partition coefficient (Wildman–Crippen LogP) is 4.37. The molecule has 1 aliphatic rings. The van der Waals surface area contributed by atoms with Crippen LogP contribution in [0, 0.1) is 13.8 Å². The second-order valence-electron chi connectivity index (χ2n) is 8.53. The van der Waals surface area contributed by atoms with Gasteiger partial charge in [0.05, 0.1) is 12.7 Å². The molecule has 32 heavy (non-hydrogen) atoms. The summed E-state index contributed by atoms with van der Waals surface area (Å²) in [6.45, 7) is 8.12. The molecule has 0 saturated carbocycles. The zero-order valence-electron chi connectivity index (χ0n) is 19.1. The largest absolute Gasteiger partial charge is 0.507 e. The molecule has 2 heterocycles.